The van der Waals surface area contributed by atoms with Crippen LogP contribution >= 0.6 is 8.38 Å². The number of carbonyl (C=O) groups excluding carboxylic acids is 1. The van der Waals surface area contributed by atoms with E-state index in [2.05, 4.69) is 10.3 Å². The summed E-state index contributed by atoms with van der Waals surface area (Å²) in [5, 5.41) is 3.04. The number of halogens is 2. The van der Waals surface area contributed by atoms with E-state index in [-0.39, 0.29) is 46.1 Å². The Balaban J connectivity index is 1.59. The number of ether oxygens (including phenoxy) is 1. The van der Waals surface area contributed by atoms with E-state index in [0.717, 1.165) is 6.26 Å². The smallest absolute Gasteiger partial charge is 0.255 e. The van der Waals surface area contributed by atoms with Gasteiger partial charge >= 0.3 is 0 Å². The number of hydrogen-bond acceptors (Lipinski definition) is 9. The monoisotopic (exact) mass is 765 g/mol. The maximum atomic E-state index is 14.7. The van der Waals surface area contributed by atoms with Crippen LogP contribution in [-0.4, -0.2) is 65.6 Å². The summed E-state index contributed by atoms with van der Waals surface area (Å²) in [5.41, 5.74) is 2.69. The molecule has 0 radical (unpaired) electrons. The van der Waals surface area contributed by atoms with Crippen LogP contribution in [0.1, 0.15) is 30.6 Å². The van der Waals surface area contributed by atoms with Crippen LogP contribution < -0.4 is 14.4 Å². The van der Waals surface area contributed by atoms with Gasteiger partial charge in [-0.25, -0.2) is 22.2 Å². The first-order valence-electron chi connectivity index (χ1n) is 16.8. The minimum atomic E-state index is -3.92. The molecule has 278 valence electrons. The fourth-order valence-electron chi connectivity index (χ4n) is 6.06. The molecule has 0 atom stereocenters. The number of benzene rings is 4. The van der Waals surface area contributed by atoms with E-state index in [9.17, 15) is 22.0 Å². The van der Waals surface area contributed by atoms with E-state index in [1.807, 2.05) is 13.8 Å². The molecule has 1 amide bonds. The molecule has 1 N–H and O–H groups in total. The second kappa shape index (κ2) is 16.0. The number of methoxy groups -OCH3 is 1. The van der Waals surface area contributed by atoms with Crippen LogP contribution in [0.25, 0.3) is 56.0 Å². The number of para-hydroxylation sites is 1. The number of nitrogens with one attached hydrogen (secondary N) is 1. The van der Waals surface area contributed by atoms with Gasteiger partial charge in [0.1, 0.15) is 28.4 Å². The molecule has 0 fully saturated rings. The number of anilines is 1. The van der Waals surface area contributed by atoms with E-state index >= 15 is 0 Å². The van der Waals surface area contributed by atoms with Gasteiger partial charge in [0.25, 0.3) is 5.91 Å². The summed E-state index contributed by atoms with van der Waals surface area (Å²) < 4.78 is 86.6. The zero-order valence-electron chi connectivity index (χ0n) is 29.7. The van der Waals surface area contributed by atoms with E-state index in [1.165, 1.54) is 54.9 Å². The van der Waals surface area contributed by atoms with Gasteiger partial charge in [0.15, 0.2) is 19.8 Å². The fraction of sp³-hybridized carbons (Fsp3) is 0.263. The summed E-state index contributed by atoms with van der Waals surface area (Å²) >= 11 is 0. The Morgan fingerprint density at radius 3 is 2.28 bits per heavy atom. The van der Waals surface area contributed by atoms with Crippen molar-refractivity contribution in [3.63, 3.8) is 0 Å². The normalized spacial score (nSPS) is 11.8. The molecule has 6 rings (SSSR count). The molecule has 0 saturated heterocycles. The van der Waals surface area contributed by atoms with E-state index in [1.54, 1.807) is 36.4 Å². The van der Waals surface area contributed by atoms with Gasteiger partial charge in [0.05, 0.1) is 43.4 Å². The zero-order chi connectivity index (χ0) is 37.9. The number of furan rings is 1. The van der Waals surface area contributed by atoms with Crippen LogP contribution in [0.2, 0.25) is 0 Å². The van der Waals surface area contributed by atoms with Crippen molar-refractivity contribution >= 4 is 52.1 Å². The number of oxazole rings is 1. The third kappa shape index (κ3) is 7.91. The van der Waals surface area contributed by atoms with Crippen LogP contribution in [0.15, 0.2) is 81.6 Å². The lowest BCUT2D eigenvalue weighted by Crippen LogP contribution is -2.31. The number of carbonyl (C=O) groups is 1. The highest BCUT2D eigenvalue weighted by molar-refractivity contribution is 7.92. The molecule has 15 heteroatoms. The molecule has 11 nitrogen and oxygen atoms in total. The Labute approximate surface area is 306 Å². The molecular formula is C38H38F2N3O8PS. The summed E-state index contributed by atoms with van der Waals surface area (Å²) in [5.74, 6) is -0.854. The molecule has 0 bridgehead atoms. The van der Waals surface area contributed by atoms with Gasteiger partial charge < -0.3 is 27.9 Å². The number of hydrogen-bond donors (Lipinski definition) is 1. The predicted octanol–water partition coefficient (Wildman–Crippen LogP) is 8.76. The number of sulfonamides is 1. The molecule has 6 aromatic rings. The van der Waals surface area contributed by atoms with Crippen molar-refractivity contribution in [2.24, 2.45) is 0 Å². The Bertz CT molecular complexity index is 2380. The van der Waals surface area contributed by atoms with Gasteiger partial charge in [-0.1, -0.05) is 12.1 Å². The predicted molar refractivity (Wildman–Crippen MR) is 202 cm³/mol. The lowest BCUT2D eigenvalue weighted by molar-refractivity contribution is 0.0964. The highest BCUT2D eigenvalue weighted by Gasteiger charge is 2.28. The third-order valence-corrected chi connectivity index (χ3v) is 11.3. The number of aromatic nitrogens is 1. The van der Waals surface area contributed by atoms with Gasteiger partial charge in [0, 0.05) is 42.3 Å². The molecule has 0 aliphatic rings. The molecular weight excluding hydrogens is 727 g/mol. The molecule has 0 spiro atoms. The fourth-order valence-corrected chi connectivity index (χ4v) is 8.34. The number of nitrogens with zero attached hydrogens (tertiary/aromatic N) is 2. The maximum Gasteiger partial charge on any atom is 0.255 e. The van der Waals surface area contributed by atoms with Crippen LogP contribution in [0, 0.1) is 11.6 Å². The number of rotatable bonds is 15. The zero-order valence-corrected chi connectivity index (χ0v) is 31.4. The molecule has 4 aromatic carbocycles. The molecule has 0 saturated carbocycles. The second-order valence-corrected chi connectivity index (χ2v) is 15.4. The van der Waals surface area contributed by atoms with Crippen molar-refractivity contribution in [3.8, 4) is 39.7 Å². The van der Waals surface area contributed by atoms with Crippen molar-refractivity contribution < 1.29 is 44.6 Å². The largest absolute Gasteiger partial charge is 0.496 e. The molecule has 0 aliphatic heterocycles. The highest BCUT2D eigenvalue weighted by Crippen LogP contribution is 2.45. The lowest BCUT2D eigenvalue weighted by atomic mass is 9.96. The molecule has 2 aromatic heterocycles. The minimum Gasteiger partial charge on any atom is -0.496 e. The van der Waals surface area contributed by atoms with Gasteiger partial charge in [-0.05, 0) is 80.4 Å². The average Bonchev–Trinajstić information content (AvgIpc) is 3.75. The van der Waals surface area contributed by atoms with Crippen molar-refractivity contribution in [2.45, 2.75) is 20.3 Å². The molecule has 53 heavy (non-hydrogen) atoms. The third-order valence-electron chi connectivity index (χ3n) is 8.39. The van der Waals surface area contributed by atoms with Gasteiger partial charge in [-0.2, -0.15) is 0 Å². The first-order chi connectivity index (χ1) is 25.5. The standard InChI is InChI=1S/C38H38F2N3O8PS/c1-6-48-52(49-7-2)19-9-18-43(53(5,45)46)30-22-33-27(34(37(44)41-3)36(50-33)23-12-15-25(39)16-13-23)21-26(30)24-14-17-31(47-4)28(20-24)38-42-35-29(40)10-8-11-32(35)51-38/h8,10-17,20-22H,6-7,9,18-19H2,1-5H3,(H,41,44). The summed E-state index contributed by atoms with van der Waals surface area (Å²) in [7, 11) is -2.19. The van der Waals surface area contributed by atoms with Gasteiger partial charge in [0.2, 0.25) is 15.9 Å². The Morgan fingerprint density at radius 1 is 0.925 bits per heavy atom. The molecule has 0 aliphatic carbocycles. The first kappa shape index (κ1) is 37.9. The number of amides is 1. The highest BCUT2D eigenvalue weighted by atomic mass is 32.2. The average molecular weight is 766 g/mol. The second-order valence-electron chi connectivity index (χ2n) is 11.9. The summed E-state index contributed by atoms with van der Waals surface area (Å²) in [6.07, 6.45) is 2.00. The van der Waals surface area contributed by atoms with Crippen LogP contribution in [0.3, 0.4) is 0 Å². The van der Waals surface area contributed by atoms with Gasteiger partial charge in [-0.3, -0.25) is 9.10 Å². The maximum absolute atomic E-state index is 14.7. The summed E-state index contributed by atoms with van der Waals surface area (Å²) in [4.78, 5) is 17.9. The molecule has 0 unspecified atom stereocenters. The Kier molecular flexibility index (Phi) is 11.4. The quantitative estimate of drug-likeness (QED) is 0.102. The van der Waals surface area contributed by atoms with Crippen molar-refractivity contribution in [1.82, 2.24) is 10.3 Å². The number of fused-ring (bicyclic) bond motifs is 2. The van der Waals surface area contributed by atoms with E-state index in [4.69, 9.17) is 22.6 Å². The van der Waals surface area contributed by atoms with Crippen molar-refractivity contribution in [3.05, 3.63) is 90.0 Å². The van der Waals surface area contributed by atoms with Crippen molar-refractivity contribution in [2.75, 3.05) is 50.6 Å². The van der Waals surface area contributed by atoms with Crippen LogP contribution in [0.5, 0.6) is 5.75 Å². The van der Waals surface area contributed by atoms with E-state index < -0.39 is 35.9 Å². The Morgan fingerprint density at radius 2 is 1.64 bits per heavy atom. The van der Waals surface area contributed by atoms with Gasteiger partial charge in [-0.15, -0.1) is 0 Å². The SMILES string of the molecule is CCOP(CCCN(c1cc2oc(-c3ccc(F)cc3)c(C(=O)NC)c2cc1-c1ccc(OC)c(-c2nc3c(F)cccc3o2)c1)S(C)(=O)=O)OCC. The van der Waals surface area contributed by atoms with Crippen LogP contribution in [-0.2, 0) is 19.1 Å². The topological polar surface area (TPSA) is 133 Å². The Hall–Kier alpha value is -4.88. The van der Waals surface area contributed by atoms with E-state index in [0.29, 0.717) is 59.2 Å². The van der Waals surface area contributed by atoms with Crippen molar-refractivity contribution in [1.29, 1.82) is 0 Å². The summed E-state index contributed by atoms with van der Waals surface area (Å²) in [6, 6.07) is 18.3. The summed E-state index contributed by atoms with van der Waals surface area (Å²) in [6.45, 7) is 4.72. The molecule has 2 heterocycles. The minimum absolute atomic E-state index is 0.0429. The first-order valence-corrected chi connectivity index (χ1v) is 20.0. The lowest BCUT2D eigenvalue weighted by Gasteiger charge is -2.26. The van der Waals surface area contributed by atoms with Crippen LogP contribution in [0.4, 0.5) is 14.5 Å².